The van der Waals surface area contributed by atoms with Crippen LogP contribution < -0.4 is 10.1 Å². The summed E-state index contributed by atoms with van der Waals surface area (Å²) in [6, 6.07) is 3.78. The molecule has 1 unspecified atom stereocenters. The summed E-state index contributed by atoms with van der Waals surface area (Å²) in [7, 11) is 0. The number of carbonyl (C=O) groups is 2. The first kappa shape index (κ1) is 15.3. The Balaban J connectivity index is 2.07. The van der Waals surface area contributed by atoms with E-state index in [9.17, 15) is 14.0 Å². The molecule has 1 aliphatic rings. The van der Waals surface area contributed by atoms with E-state index >= 15 is 0 Å². The van der Waals surface area contributed by atoms with Gasteiger partial charge in [-0.1, -0.05) is 6.92 Å². The molecule has 6 heteroatoms. The number of hydrogen-bond donors (Lipinski definition) is 1. The van der Waals surface area contributed by atoms with Crippen molar-refractivity contribution in [2.75, 3.05) is 18.5 Å². The van der Waals surface area contributed by atoms with E-state index in [0.717, 1.165) is 6.42 Å². The van der Waals surface area contributed by atoms with E-state index in [0.29, 0.717) is 18.8 Å². The molecular formula is C15H19FN2O3. The SMILES string of the molecule is CCCN1C(=O)CC(Nc2ccc(OCC)c(F)c2)C1=O. The maximum absolute atomic E-state index is 13.8. The molecule has 0 aliphatic carbocycles. The zero-order valence-electron chi connectivity index (χ0n) is 12.2. The summed E-state index contributed by atoms with van der Waals surface area (Å²) in [6.45, 7) is 4.48. The van der Waals surface area contributed by atoms with Crippen LogP contribution in [0.25, 0.3) is 0 Å². The second-order valence-electron chi connectivity index (χ2n) is 4.86. The molecule has 0 saturated carbocycles. The second-order valence-corrected chi connectivity index (χ2v) is 4.86. The molecule has 0 aromatic heterocycles. The lowest BCUT2D eigenvalue weighted by atomic mass is 10.2. The van der Waals surface area contributed by atoms with Gasteiger partial charge in [-0.15, -0.1) is 0 Å². The molecule has 114 valence electrons. The van der Waals surface area contributed by atoms with Crippen molar-refractivity contribution in [1.29, 1.82) is 0 Å². The highest BCUT2D eigenvalue weighted by atomic mass is 19.1. The van der Waals surface area contributed by atoms with Gasteiger partial charge >= 0.3 is 0 Å². The van der Waals surface area contributed by atoms with E-state index in [-0.39, 0.29) is 24.0 Å². The van der Waals surface area contributed by atoms with Crippen molar-refractivity contribution in [1.82, 2.24) is 4.90 Å². The highest BCUT2D eigenvalue weighted by molar-refractivity contribution is 6.06. The van der Waals surface area contributed by atoms with Crippen molar-refractivity contribution >= 4 is 17.5 Å². The number of amides is 2. The topological polar surface area (TPSA) is 58.6 Å². The fraction of sp³-hybridized carbons (Fsp3) is 0.467. The van der Waals surface area contributed by atoms with E-state index in [1.807, 2.05) is 6.92 Å². The van der Waals surface area contributed by atoms with Crippen LogP contribution in [0.15, 0.2) is 18.2 Å². The van der Waals surface area contributed by atoms with Crippen LogP contribution in [0.4, 0.5) is 10.1 Å². The number of hydrogen-bond acceptors (Lipinski definition) is 4. The summed E-state index contributed by atoms with van der Waals surface area (Å²) in [5, 5.41) is 2.91. The normalized spacial score (nSPS) is 18.2. The smallest absolute Gasteiger partial charge is 0.252 e. The number of likely N-dealkylation sites (tertiary alicyclic amines) is 1. The van der Waals surface area contributed by atoms with Crippen LogP contribution in [-0.2, 0) is 9.59 Å². The van der Waals surface area contributed by atoms with Gasteiger partial charge in [0, 0.05) is 18.3 Å². The minimum atomic E-state index is -0.624. The second kappa shape index (κ2) is 6.56. The largest absolute Gasteiger partial charge is 0.491 e. The molecule has 0 bridgehead atoms. The van der Waals surface area contributed by atoms with Gasteiger partial charge in [0.1, 0.15) is 6.04 Å². The lowest BCUT2D eigenvalue weighted by Crippen LogP contribution is -2.35. The molecule has 1 aliphatic heterocycles. The third-order valence-corrected chi connectivity index (χ3v) is 3.26. The van der Waals surface area contributed by atoms with Gasteiger partial charge in [-0.2, -0.15) is 0 Å². The lowest BCUT2D eigenvalue weighted by molar-refractivity contribution is -0.138. The van der Waals surface area contributed by atoms with Crippen LogP contribution in [0.1, 0.15) is 26.7 Å². The zero-order valence-corrected chi connectivity index (χ0v) is 12.2. The Labute approximate surface area is 123 Å². The number of halogens is 1. The number of nitrogens with zero attached hydrogens (tertiary/aromatic N) is 1. The van der Waals surface area contributed by atoms with Crippen LogP contribution in [0.2, 0.25) is 0 Å². The fourth-order valence-corrected chi connectivity index (χ4v) is 2.32. The van der Waals surface area contributed by atoms with Crippen molar-refractivity contribution in [2.24, 2.45) is 0 Å². The fourth-order valence-electron chi connectivity index (χ4n) is 2.32. The monoisotopic (exact) mass is 294 g/mol. The van der Waals surface area contributed by atoms with Crippen molar-refractivity contribution < 1.29 is 18.7 Å². The molecule has 1 fully saturated rings. The van der Waals surface area contributed by atoms with Gasteiger partial charge in [-0.25, -0.2) is 4.39 Å². The molecule has 1 saturated heterocycles. The standard InChI is InChI=1S/C15H19FN2O3/c1-3-7-18-14(19)9-12(15(18)20)17-10-5-6-13(21-4-2)11(16)8-10/h5-6,8,12,17H,3-4,7,9H2,1-2H3. The molecule has 1 N–H and O–H groups in total. The molecule has 5 nitrogen and oxygen atoms in total. The van der Waals surface area contributed by atoms with Crippen LogP contribution >= 0.6 is 0 Å². The molecule has 2 amide bonds. The van der Waals surface area contributed by atoms with Gasteiger partial charge in [0.05, 0.1) is 13.0 Å². The Kier molecular flexibility index (Phi) is 4.77. The molecule has 21 heavy (non-hydrogen) atoms. The highest BCUT2D eigenvalue weighted by Gasteiger charge is 2.37. The Morgan fingerprint density at radius 3 is 2.76 bits per heavy atom. The number of benzene rings is 1. The third kappa shape index (κ3) is 3.32. The van der Waals surface area contributed by atoms with E-state index in [4.69, 9.17) is 4.74 Å². The molecule has 1 atom stereocenters. The Bertz CT molecular complexity index is 548. The number of ether oxygens (including phenoxy) is 1. The Morgan fingerprint density at radius 2 is 2.14 bits per heavy atom. The lowest BCUT2D eigenvalue weighted by Gasteiger charge is -2.15. The molecule has 1 aromatic rings. The quantitative estimate of drug-likeness (QED) is 0.817. The van der Waals surface area contributed by atoms with Crippen molar-refractivity contribution in [2.45, 2.75) is 32.7 Å². The average molecular weight is 294 g/mol. The Morgan fingerprint density at radius 1 is 1.38 bits per heavy atom. The van der Waals surface area contributed by atoms with Gasteiger partial charge in [-0.3, -0.25) is 14.5 Å². The minimum absolute atomic E-state index is 0.105. The van der Waals surface area contributed by atoms with Crippen LogP contribution in [-0.4, -0.2) is 35.9 Å². The van der Waals surface area contributed by atoms with Crippen LogP contribution in [0, 0.1) is 5.82 Å². The summed E-state index contributed by atoms with van der Waals surface area (Å²) in [5.41, 5.74) is 0.459. The van der Waals surface area contributed by atoms with Crippen molar-refractivity contribution in [3.63, 3.8) is 0 Å². The first-order valence-corrected chi connectivity index (χ1v) is 7.09. The Hall–Kier alpha value is -2.11. The number of carbonyl (C=O) groups excluding carboxylic acids is 2. The van der Waals surface area contributed by atoms with Gasteiger partial charge in [0.25, 0.3) is 5.91 Å². The first-order chi connectivity index (χ1) is 10.1. The summed E-state index contributed by atoms with van der Waals surface area (Å²) in [5.74, 6) is -0.768. The summed E-state index contributed by atoms with van der Waals surface area (Å²) < 4.78 is 18.9. The molecule has 1 aromatic carbocycles. The average Bonchev–Trinajstić information content (AvgIpc) is 2.70. The van der Waals surface area contributed by atoms with Crippen LogP contribution in [0.5, 0.6) is 5.75 Å². The number of rotatable bonds is 6. The number of imide groups is 1. The van der Waals surface area contributed by atoms with E-state index in [2.05, 4.69) is 5.32 Å². The van der Waals surface area contributed by atoms with Gasteiger partial charge in [0.15, 0.2) is 11.6 Å². The molecule has 0 radical (unpaired) electrons. The predicted octanol–water partition coefficient (Wildman–Crippen LogP) is 2.17. The van der Waals surface area contributed by atoms with Gasteiger partial charge in [0.2, 0.25) is 5.91 Å². The minimum Gasteiger partial charge on any atom is -0.491 e. The summed E-state index contributed by atoms with van der Waals surface area (Å²) in [4.78, 5) is 25.1. The van der Waals surface area contributed by atoms with Gasteiger partial charge < -0.3 is 10.1 Å². The van der Waals surface area contributed by atoms with Crippen LogP contribution in [0.3, 0.4) is 0 Å². The summed E-state index contributed by atoms with van der Waals surface area (Å²) >= 11 is 0. The molecule has 0 spiro atoms. The van der Waals surface area contributed by atoms with E-state index in [1.165, 1.54) is 17.0 Å². The number of nitrogens with one attached hydrogen (secondary N) is 1. The predicted molar refractivity (Wildman–Crippen MR) is 76.6 cm³/mol. The van der Waals surface area contributed by atoms with Gasteiger partial charge in [-0.05, 0) is 25.5 Å². The van der Waals surface area contributed by atoms with E-state index < -0.39 is 11.9 Å². The maximum atomic E-state index is 13.8. The van der Waals surface area contributed by atoms with E-state index in [1.54, 1.807) is 13.0 Å². The molecule has 1 heterocycles. The van der Waals surface area contributed by atoms with Crippen molar-refractivity contribution in [3.8, 4) is 5.75 Å². The third-order valence-electron chi connectivity index (χ3n) is 3.26. The maximum Gasteiger partial charge on any atom is 0.252 e. The summed E-state index contributed by atoms with van der Waals surface area (Å²) in [6.07, 6.45) is 0.829. The first-order valence-electron chi connectivity index (χ1n) is 7.09. The molecule has 2 rings (SSSR count). The highest BCUT2D eigenvalue weighted by Crippen LogP contribution is 2.24. The zero-order chi connectivity index (χ0) is 15.4. The number of anilines is 1. The van der Waals surface area contributed by atoms with Crippen molar-refractivity contribution in [3.05, 3.63) is 24.0 Å². The molecular weight excluding hydrogens is 275 g/mol.